The van der Waals surface area contributed by atoms with Crippen LogP contribution in [0.5, 0.6) is 5.75 Å². The summed E-state index contributed by atoms with van der Waals surface area (Å²) in [4.78, 5) is 13.0. The van der Waals surface area contributed by atoms with E-state index in [0.29, 0.717) is 12.0 Å². The molecule has 2 atom stereocenters. The molecule has 0 saturated carbocycles. The fourth-order valence-corrected chi connectivity index (χ4v) is 4.38. The third kappa shape index (κ3) is 4.38. The van der Waals surface area contributed by atoms with Gasteiger partial charge in [-0.1, -0.05) is 12.1 Å². The maximum absolute atomic E-state index is 5.76. The molecule has 1 aromatic heterocycles. The molecule has 1 aromatic carbocycles. The monoisotopic (exact) mass is 398 g/mol. The molecule has 29 heavy (non-hydrogen) atoms. The van der Waals surface area contributed by atoms with E-state index in [1.807, 2.05) is 18.2 Å². The van der Waals surface area contributed by atoms with Crippen LogP contribution < -0.4 is 25.6 Å². The van der Waals surface area contributed by atoms with Gasteiger partial charge in [-0.25, -0.2) is 4.98 Å². The van der Waals surface area contributed by atoms with Crippen molar-refractivity contribution in [2.45, 2.75) is 31.0 Å². The number of nitrogens with one attached hydrogen (secondary N) is 1. The number of benzene rings is 1. The van der Waals surface area contributed by atoms with Crippen molar-refractivity contribution in [1.82, 2.24) is 15.3 Å². The topological polar surface area (TPSA) is 88.8 Å². The molecule has 3 heterocycles. The van der Waals surface area contributed by atoms with E-state index < -0.39 is 0 Å². The van der Waals surface area contributed by atoms with Crippen LogP contribution in [0.4, 0.5) is 17.5 Å². The van der Waals surface area contributed by atoms with Gasteiger partial charge in [-0.15, -0.1) is 0 Å². The summed E-state index contributed by atoms with van der Waals surface area (Å²) in [6.07, 6.45) is 4.00. The quantitative estimate of drug-likeness (QED) is 0.757. The van der Waals surface area contributed by atoms with Crippen molar-refractivity contribution >= 4 is 17.5 Å². The minimum Gasteiger partial charge on any atom is -0.495 e. The van der Waals surface area contributed by atoms with Crippen molar-refractivity contribution in [2.75, 3.05) is 55.9 Å². The lowest BCUT2D eigenvalue weighted by Crippen LogP contribution is -2.50. The average Bonchev–Trinajstić information content (AvgIpc) is 3.17. The Balaban J connectivity index is 1.35. The Kier molecular flexibility index (Phi) is 6.01. The van der Waals surface area contributed by atoms with Crippen molar-refractivity contribution in [1.29, 1.82) is 0 Å². The van der Waals surface area contributed by atoms with Crippen molar-refractivity contribution in [3.8, 4) is 5.75 Å². The standard InChI is InChI=1S/C21H30N6O2/c1-28-18-6-4-3-5-17(18)26-11-8-15(9-12-26)24-16-13-27(14-19(16)29-2)20-7-10-23-21(22)25-20/h3-7,10,15-16,19,24H,8-9,11-14H2,1-2H3,(H2,22,23,25)/t16-,19+/m0/s1. The molecule has 2 fully saturated rings. The first kappa shape index (κ1) is 19.7. The number of aromatic nitrogens is 2. The Morgan fingerprint density at radius 1 is 1.07 bits per heavy atom. The van der Waals surface area contributed by atoms with E-state index in [-0.39, 0.29) is 12.1 Å². The molecule has 2 saturated heterocycles. The summed E-state index contributed by atoms with van der Waals surface area (Å²) in [5.41, 5.74) is 6.93. The van der Waals surface area contributed by atoms with Crippen LogP contribution in [0.25, 0.3) is 0 Å². The van der Waals surface area contributed by atoms with Gasteiger partial charge in [0.25, 0.3) is 0 Å². The molecule has 0 amide bonds. The second-order valence-corrected chi connectivity index (χ2v) is 7.66. The van der Waals surface area contributed by atoms with Gasteiger partial charge in [0, 0.05) is 45.5 Å². The molecule has 0 radical (unpaired) electrons. The van der Waals surface area contributed by atoms with Crippen molar-refractivity contribution in [3.63, 3.8) is 0 Å². The summed E-state index contributed by atoms with van der Waals surface area (Å²) in [5, 5.41) is 3.83. The van der Waals surface area contributed by atoms with Crippen molar-refractivity contribution in [3.05, 3.63) is 36.5 Å². The predicted molar refractivity (Wildman–Crippen MR) is 115 cm³/mol. The molecular formula is C21H30N6O2. The number of hydrogen-bond donors (Lipinski definition) is 2. The Labute approximate surface area is 172 Å². The van der Waals surface area contributed by atoms with Crippen LogP contribution in [0, 0.1) is 0 Å². The largest absolute Gasteiger partial charge is 0.495 e. The molecular weight excluding hydrogens is 368 g/mol. The molecule has 2 aliphatic heterocycles. The number of nitrogen functional groups attached to an aromatic ring is 1. The lowest BCUT2D eigenvalue weighted by molar-refractivity contribution is 0.0916. The molecule has 0 aliphatic carbocycles. The van der Waals surface area contributed by atoms with Crippen LogP contribution >= 0.6 is 0 Å². The van der Waals surface area contributed by atoms with Crippen LogP contribution in [-0.4, -0.2) is 68.6 Å². The molecule has 4 rings (SSSR count). The molecule has 8 nitrogen and oxygen atoms in total. The van der Waals surface area contributed by atoms with Crippen LogP contribution in [0.1, 0.15) is 12.8 Å². The van der Waals surface area contributed by atoms with Crippen LogP contribution in [0.15, 0.2) is 36.5 Å². The normalized spacial score (nSPS) is 22.8. The first-order valence-electron chi connectivity index (χ1n) is 10.2. The smallest absolute Gasteiger partial charge is 0.221 e. The maximum Gasteiger partial charge on any atom is 0.221 e. The van der Waals surface area contributed by atoms with Gasteiger partial charge in [0.05, 0.1) is 24.9 Å². The third-order valence-corrected chi connectivity index (χ3v) is 5.92. The third-order valence-electron chi connectivity index (χ3n) is 5.92. The highest BCUT2D eigenvalue weighted by Crippen LogP contribution is 2.30. The number of hydrogen-bond acceptors (Lipinski definition) is 8. The number of nitrogens with two attached hydrogens (primary N) is 1. The van der Waals surface area contributed by atoms with E-state index in [9.17, 15) is 0 Å². The molecule has 2 aromatic rings. The van der Waals surface area contributed by atoms with Gasteiger partial charge >= 0.3 is 0 Å². The first-order valence-corrected chi connectivity index (χ1v) is 10.2. The summed E-state index contributed by atoms with van der Waals surface area (Å²) < 4.78 is 11.3. The minimum absolute atomic E-state index is 0.124. The fourth-order valence-electron chi connectivity index (χ4n) is 4.38. The number of nitrogens with zero attached hydrogens (tertiary/aromatic N) is 4. The lowest BCUT2D eigenvalue weighted by atomic mass is 10.0. The SMILES string of the molecule is COc1ccccc1N1CCC(N[C@H]2CN(c3ccnc(N)n3)C[C@H]2OC)CC1. The Bertz CT molecular complexity index is 811. The van der Waals surface area contributed by atoms with Gasteiger partial charge in [-0.2, -0.15) is 4.98 Å². The zero-order valence-electron chi connectivity index (χ0n) is 17.1. The van der Waals surface area contributed by atoms with E-state index in [2.05, 4.69) is 37.2 Å². The van der Waals surface area contributed by atoms with Crippen molar-refractivity contribution < 1.29 is 9.47 Å². The fraction of sp³-hybridized carbons (Fsp3) is 0.524. The molecule has 3 N–H and O–H groups in total. The molecule has 0 spiro atoms. The van der Waals surface area contributed by atoms with Crippen LogP contribution in [0.3, 0.4) is 0 Å². The van der Waals surface area contributed by atoms with Gasteiger partial charge in [0.15, 0.2) is 0 Å². The lowest BCUT2D eigenvalue weighted by Gasteiger charge is -2.36. The van der Waals surface area contributed by atoms with Crippen LogP contribution in [-0.2, 0) is 4.74 Å². The molecule has 156 valence electrons. The van der Waals surface area contributed by atoms with Gasteiger partial charge in [0.2, 0.25) is 5.95 Å². The van der Waals surface area contributed by atoms with E-state index >= 15 is 0 Å². The number of rotatable bonds is 6. The summed E-state index contributed by atoms with van der Waals surface area (Å²) in [6.45, 7) is 3.66. The van der Waals surface area contributed by atoms with E-state index in [0.717, 1.165) is 50.6 Å². The van der Waals surface area contributed by atoms with Crippen LogP contribution in [0.2, 0.25) is 0 Å². The Morgan fingerprint density at radius 3 is 2.59 bits per heavy atom. The highest BCUT2D eigenvalue weighted by Gasteiger charge is 2.35. The summed E-state index contributed by atoms with van der Waals surface area (Å²) in [5.74, 6) is 2.10. The van der Waals surface area contributed by atoms with Gasteiger partial charge in [0.1, 0.15) is 11.6 Å². The van der Waals surface area contributed by atoms with Gasteiger partial charge in [-0.3, -0.25) is 0 Å². The average molecular weight is 399 g/mol. The molecule has 2 aliphatic rings. The number of anilines is 3. The maximum atomic E-state index is 5.76. The van der Waals surface area contributed by atoms with Crippen molar-refractivity contribution in [2.24, 2.45) is 0 Å². The highest BCUT2D eigenvalue weighted by molar-refractivity contribution is 5.58. The van der Waals surface area contributed by atoms with E-state index in [4.69, 9.17) is 15.2 Å². The second kappa shape index (κ2) is 8.84. The number of piperidine rings is 1. The van der Waals surface area contributed by atoms with E-state index in [1.165, 1.54) is 5.69 Å². The Hall–Kier alpha value is -2.58. The number of methoxy groups -OCH3 is 2. The zero-order valence-corrected chi connectivity index (χ0v) is 17.1. The molecule has 0 unspecified atom stereocenters. The second-order valence-electron chi connectivity index (χ2n) is 7.66. The zero-order chi connectivity index (χ0) is 20.2. The first-order chi connectivity index (χ1) is 14.2. The summed E-state index contributed by atoms with van der Waals surface area (Å²) in [7, 11) is 3.51. The number of para-hydroxylation sites is 2. The van der Waals surface area contributed by atoms with Gasteiger partial charge < -0.3 is 30.3 Å². The van der Waals surface area contributed by atoms with Gasteiger partial charge in [-0.05, 0) is 31.0 Å². The molecule has 8 heteroatoms. The summed E-state index contributed by atoms with van der Waals surface area (Å²) >= 11 is 0. The summed E-state index contributed by atoms with van der Waals surface area (Å²) in [6, 6.07) is 10.9. The Morgan fingerprint density at radius 2 is 1.86 bits per heavy atom. The number of ether oxygens (including phenoxy) is 2. The predicted octanol–water partition coefficient (Wildman–Crippen LogP) is 1.53. The minimum atomic E-state index is 0.124. The highest BCUT2D eigenvalue weighted by atomic mass is 16.5. The molecule has 0 bridgehead atoms. The van der Waals surface area contributed by atoms with E-state index in [1.54, 1.807) is 20.4 Å².